The minimum atomic E-state index is -0.250. The first-order valence-electron chi connectivity index (χ1n) is 11.2. The first-order valence-corrected chi connectivity index (χ1v) is 11.2. The molecule has 10 heteroatoms. The zero-order chi connectivity index (χ0) is 24.2. The number of amides is 1. The van der Waals surface area contributed by atoms with Crippen molar-refractivity contribution in [2.24, 2.45) is 0 Å². The van der Waals surface area contributed by atoms with E-state index in [1.54, 1.807) is 19.3 Å². The number of carbonyl (C=O) groups excluding carboxylic acids is 1. The summed E-state index contributed by atoms with van der Waals surface area (Å²) >= 11 is 0. The quantitative estimate of drug-likeness (QED) is 0.483. The summed E-state index contributed by atoms with van der Waals surface area (Å²) in [7, 11) is 1.61. The largest absolute Gasteiger partial charge is 0.483 e. The molecule has 34 heavy (non-hydrogen) atoms. The second-order valence-corrected chi connectivity index (χ2v) is 8.46. The lowest BCUT2D eigenvalue weighted by Gasteiger charge is -2.57. The van der Waals surface area contributed by atoms with Gasteiger partial charge in [0.05, 0.1) is 22.9 Å². The van der Waals surface area contributed by atoms with Gasteiger partial charge in [0.15, 0.2) is 0 Å². The molecule has 2 atom stereocenters. The van der Waals surface area contributed by atoms with Crippen LogP contribution in [0.5, 0.6) is 0 Å². The molecule has 0 spiro atoms. The van der Waals surface area contributed by atoms with Crippen molar-refractivity contribution < 1.29 is 14.7 Å². The fourth-order valence-electron chi connectivity index (χ4n) is 4.72. The minimum absolute atomic E-state index is 0.0264. The fourth-order valence-corrected chi connectivity index (χ4v) is 4.72. The van der Waals surface area contributed by atoms with E-state index in [1.165, 1.54) is 6.42 Å². The number of pyridine rings is 3. The third-order valence-corrected chi connectivity index (χ3v) is 6.49. The maximum absolute atomic E-state index is 12.1. The van der Waals surface area contributed by atoms with E-state index >= 15 is 0 Å². The van der Waals surface area contributed by atoms with Crippen LogP contribution in [0.4, 0.5) is 5.69 Å². The average molecular weight is 465 g/mol. The van der Waals surface area contributed by atoms with Crippen molar-refractivity contribution in [2.45, 2.75) is 38.4 Å². The molecule has 3 saturated heterocycles. The molecule has 2 bridgehead atoms. The van der Waals surface area contributed by atoms with E-state index in [0.29, 0.717) is 24.2 Å². The molecule has 3 fully saturated rings. The Morgan fingerprint density at radius 3 is 2.59 bits per heavy atom. The number of nitrogens with one attached hydrogen (secondary N) is 2. The molecule has 2 unspecified atom stereocenters. The smallest absolute Gasteiger partial charge is 0.290 e. The number of fused-ring (bicyclic) bond motifs is 3. The van der Waals surface area contributed by atoms with E-state index in [9.17, 15) is 9.59 Å². The normalized spacial score (nSPS) is 19.1. The molecule has 3 aliphatic rings. The van der Waals surface area contributed by atoms with Crippen molar-refractivity contribution in [3.05, 3.63) is 63.8 Å². The molecular weight excluding hydrogens is 436 g/mol. The molecule has 6 heterocycles. The van der Waals surface area contributed by atoms with Crippen LogP contribution in [0.15, 0.2) is 41.5 Å². The zero-order valence-electron chi connectivity index (χ0n) is 19.2. The van der Waals surface area contributed by atoms with Crippen molar-refractivity contribution in [3.63, 3.8) is 0 Å². The van der Waals surface area contributed by atoms with Gasteiger partial charge in [0, 0.05) is 50.5 Å². The van der Waals surface area contributed by atoms with Crippen LogP contribution in [0.1, 0.15) is 35.0 Å². The number of piperidine rings is 1. The van der Waals surface area contributed by atoms with Crippen LogP contribution in [0.25, 0.3) is 11.0 Å². The maximum atomic E-state index is 12.1. The lowest BCUT2D eigenvalue weighted by atomic mass is 9.86. The summed E-state index contributed by atoms with van der Waals surface area (Å²) in [6, 6.07) is 8.65. The maximum Gasteiger partial charge on any atom is 0.290 e. The summed E-state index contributed by atoms with van der Waals surface area (Å²) in [5.41, 5.74) is 4.98. The number of aromatic nitrogens is 3. The van der Waals surface area contributed by atoms with Crippen LogP contribution in [-0.4, -0.2) is 69.6 Å². The Hall–Kier alpha value is -3.79. The van der Waals surface area contributed by atoms with Gasteiger partial charge in [-0.15, -0.1) is 0 Å². The molecule has 3 N–H and O–H groups in total. The number of aryl methyl sites for hydroxylation is 1. The highest BCUT2D eigenvalue weighted by Crippen LogP contribution is 2.35. The molecule has 0 radical (unpaired) electrons. The summed E-state index contributed by atoms with van der Waals surface area (Å²) in [5.74, 6) is -0.171. The summed E-state index contributed by atoms with van der Waals surface area (Å²) in [6.07, 6.45) is 5.60. The van der Waals surface area contributed by atoms with Crippen molar-refractivity contribution in [1.82, 2.24) is 25.2 Å². The van der Waals surface area contributed by atoms with Gasteiger partial charge in [-0.2, -0.15) is 0 Å². The number of nitrogens with zero attached hydrogens (tertiary/aromatic N) is 4. The molecular formula is C24H28N6O4. The lowest BCUT2D eigenvalue weighted by Crippen LogP contribution is -2.68. The van der Waals surface area contributed by atoms with Gasteiger partial charge in [0.25, 0.3) is 17.9 Å². The Kier molecular flexibility index (Phi) is 6.87. The van der Waals surface area contributed by atoms with Gasteiger partial charge in [-0.05, 0) is 42.7 Å². The number of piperazine rings is 1. The predicted molar refractivity (Wildman–Crippen MR) is 128 cm³/mol. The number of carbonyl (C=O) groups is 2. The topological polar surface area (TPSA) is 132 Å². The monoisotopic (exact) mass is 464 g/mol. The number of hydrogen-bond acceptors (Lipinski definition) is 7. The summed E-state index contributed by atoms with van der Waals surface area (Å²) < 4.78 is 0. The Morgan fingerprint density at radius 1 is 1.24 bits per heavy atom. The average Bonchev–Trinajstić information content (AvgIpc) is 2.87. The molecule has 3 aromatic rings. The Balaban J connectivity index is 0.000000868. The molecule has 178 valence electrons. The molecule has 0 saturated carbocycles. The van der Waals surface area contributed by atoms with Crippen molar-refractivity contribution in [3.8, 4) is 0 Å². The van der Waals surface area contributed by atoms with Gasteiger partial charge in [0.2, 0.25) is 0 Å². The fraction of sp³-hybridized carbons (Fsp3) is 0.375. The van der Waals surface area contributed by atoms with Gasteiger partial charge >= 0.3 is 0 Å². The van der Waals surface area contributed by atoms with Crippen LogP contribution in [-0.2, 0) is 17.8 Å². The van der Waals surface area contributed by atoms with Gasteiger partial charge in [0.1, 0.15) is 5.69 Å². The second kappa shape index (κ2) is 10.0. The van der Waals surface area contributed by atoms with E-state index in [2.05, 4.69) is 36.1 Å². The number of aromatic amines is 1. The van der Waals surface area contributed by atoms with E-state index in [0.717, 1.165) is 47.5 Å². The lowest BCUT2D eigenvalue weighted by molar-refractivity contribution is -0.122. The molecule has 3 aromatic heterocycles. The highest BCUT2D eigenvalue weighted by molar-refractivity contribution is 5.92. The molecule has 0 aliphatic carbocycles. The third kappa shape index (κ3) is 4.62. The third-order valence-electron chi connectivity index (χ3n) is 6.49. The van der Waals surface area contributed by atoms with E-state index in [1.807, 2.05) is 25.3 Å². The number of H-pyrrole nitrogens is 1. The highest BCUT2D eigenvalue weighted by Gasteiger charge is 2.44. The van der Waals surface area contributed by atoms with Crippen molar-refractivity contribution in [2.75, 3.05) is 25.0 Å². The Bertz CT molecular complexity index is 1230. The summed E-state index contributed by atoms with van der Waals surface area (Å²) in [4.78, 5) is 48.9. The van der Waals surface area contributed by atoms with Gasteiger partial charge in [-0.3, -0.25) is 24.3 Å². The Morgan fingerprint density at radius 2 is 1.97 bits per heavy atom. The Labute approximate surface area is 196 Å². The van der Waals surface area contributed by atoms with Crippen LogP contribution in [0.3, 0.4) is 0 Å². The number of rotatable bonds is 5. The zero-order valence-corrected chi connectivity index (χ0v) is 19.2. The number of anilines is 1. The van der Waals surface area contributed by atoms with Gasteiger partial charge in [-0.1, -0.05) is 6.92 Å². The predicted octanol–water partition coefficient (Wildman–Crippen LogP) is 1.40. The SMILES string of the molecule is CCc1cc2ncc(CN3C4CC3CN(c3ccc(C(=O)NC)nc3)C4)cc2[nH]c1=O.O=CO. The van der Waals surface area contributed by atoms with Crippen LogP contribution >= 0.6 is 0 Å². The van der Waals surface area contributed by atoms with Crippen molar-refractivity contribution >= 4 is 29.1 Å². The van der Waals surface area contributed by atoms with Crippen LogP contribution in [0.2, 0.25) is 0 Å². The number of hydrogen-bond donors (Lipinski definition) is 3. The summed E-state index contributed by atoms with van der Waals surface area (Å²) in [6.45, 7) is 4.44. The molecule has 1 amide bonds. The first-order chi connectivity index (χ1) is 16.5. The number of carboxylic acid groups (broad SMARTS) is 1. The molecule has 10 nitrogen and oxygen atoms in total. The molecule has 0 aromatic carbocycles. The summed E-state index contributed by atoms with van der Waals surface area (Å²) in [5, 5.41) is 9.49. The van der Waals surface area contributed by atoms with Gasteiger partial charge < -0.3 is 20.3 Å². The molecule has 3 aliphatic heterocycles. The van der Waals surface area contributed by atoms with Crippen LogP contribution in [0, 0.1) is 0 Å². The second-order valence-electron chi connectivity index (χ2n) is 8.46. The standard InChI is InChI=1S/C23H26N6O2.CH2O2/c1-3-15-7-20-21(27-22(15)30)6-14(9-25-20)11-29-17-8-18(29)13-28(12-17)16-4-5-19(26-10-16)23(31)24-2;2-1-3/h4-7,9-10,17-18H,3,8,11-13H2,1-2H3,(H,24,31)(H,27,30);1H,(H,2,3). The minimum Gasteiger partial charge on any atom is -0.483 e. The first kappa shape index (κ1) is 23.4. The van der Waals surface area contributed by atoms with E-state index < -0.39 is 0 Å². The van der Waals surface area contributed by atoms with E-state index in [-0.39, 0.29) is 17.9 Å². The molecule has 6 rings (SSSR count). The van der Waals surface area contributed by atoms with Crippen LogP contribution < -0.4 is 15.8 Å². The highest BCUT2D eigenvalue weighted by atomic mass is 16.3. The van der Waals surface area contributed by atoms with E-state index in [4.69, 9.17) is 9.90 Å². The van der Waals surface area contributed by atoms with Gasteiger partial charge in [-0.25, -0.2) is 4.98 Å². The van der Waals surface area contributed by atoms with Crippen molar-refractivity contribution in [1.29, 1.82) is 0 Å².